The van der Waals surface area contributed by atoms with E-state index < -0.39 is 0 Å². The third-order valence-corrected chi connectivity index (χ3v) is 3.86. The molecular formula is C16H20N4O2. The van der Waals surface area contributed by atoms with Gasteiger partial charge in [0.1, 0.15) is 6.61 Å². The van der Waals surface area contributed by atoms with E-state index in [4.69, 9.17) is 10.5 Å². The zero-order valence-electron chi connectivity index (χ0n) is 12.4. The van der Waals surface area contributed by atoms with Gasteiger partial charge in [0.15, 0.2) is 0 Å². The second-order valence-electron chi connectivity index (χ2n) is 5.54. The van der Waals surface area contributed by atoms with Gasteiger partial charge in [-0.25, -0.2) is 4.79 Å². The Morgan fingerprint density at radius 1 is 1.36 bits per heavy atom. The molecule has 2 aromatic rings. The number of hydrogen-bond donors (Lipinski definition) is 1. The number of ether oxygens (including phenoxy) is 1. The molecule has 116 valence electrons. The Kier molecular flexibility index (Phi) is 4.27. The van der Waals surface area contributed by atoms with Gasteiger partial charge in [0.05, 0.1) is 17.9 Å². The van der Waals surface area contributed by atoms with Crippen LogP contribution in [0.4, 0.5) is 10.5 Å². The van der Waals surface area contributed by atoms with Crippen molar-refractivity contribution in [2.24, 2.45) is 0 Å². The van der Waals surface area contributed by atoms with Crippen LogP contribution in [0.3, 0.4) is 0 Å². The van der Waals surface area contributed by atoms with Crippen molar-refractivity contribution in [2.75, 3.05) is 18.8 Å². The lowest BCUT2D eigenvalue weighted by Crippen LogP contribution is -2.41. The molecular weight excluding hydrogens is 280 g/mol. The first-order valence-electron chi connectivity index (χ1n) is 7.47. The van der Waals surface area contributed by atoms with E-state index in [1.54, 1.807) is 11.1 Å². The van der Waals surface area contributed by atoms with Crippen LogP contribution in [0.2, 0.25) is 0 Å². The van der Waals surface area contributed by atoms with Crippen LogP contribution in [0.25, 0.3) is 0 Å². The number of nitrogens with zero attached hydrogens (tertiary/aromatic N) is 3. The monoisotopic (exact) mass is 300 g/mol. The van der Waals surface area contributed by atoms with Gasteiger partial charge in [-0.05, 0) is 18.4 Å². The SMILES string of the molecule is Nc1cnn(C2CCCN(C(=O)OCc3ccccc3)C2)c1. The van der Waals surface area contributed by atoms with Crippen LogP contribution in [0.1, 0.15) is 24.4 Å². The van der Waals surface area contributed by atoms with Crippen LogP contribution in [0.15, 0.2) is 42.7 Å². The molecule has 0 radical (unpaired) electrons. The molecule has 1 amide bonds. The molecule has 1 aliphatic heterocycles. The molecule has 0 spiro atoms. The zero-order chi connectivity index (χ0) is 15.4. The molecule has 22 heavy (non-hydrogen) atoms. The molecule has 1 saturated heterocycles. The molecule has 3 rings (SSSR count). The summed E-state index contributed by atoms with van der Waals surface area (Å²) >= 11 is 0. The fraction of sp³-hybridized carbons (Fsp3) is 0.375. The highest BCUT2D eigenvalue weighted by Crippen LogP contribution is 2.22. The molecule has 6 nitrogen and oxygen atoms in total. The number of carbonyl (C=O) groups excluding carboxylic acids is 1. The Labute approximate surface area is 129 Å². The van der Waals surface area contributed by atoms with E-state index in [-0.39, 0.29) is 12.1 Å². The average molecular weight is 300 g/mol. The van der Waals surface area contributed by atoms with Crippen molar-refractivity contribution in [3.8, 4) is 0 Å². The molecule has 1 fully saturated rings. The smallest absolute Gasteiger partial charge is 0.410 e. The summed E-state index contributed by atoms with van der Waals surface area (Å²) in [6.07, 6.45) is 5.10. The van der Waals surface area contributed by atoms with E-state index in [9.17, 15) is 4.79 Å². The lowest BCUT2D eigenvalue weighted by molar-refractivity contribution is 0.0789. The molecule has 1 unspecified atom stereocenters. The van der Waals surface area contributed by atoms with Crippen molar-refractivity contribution in [3.05, 3.63) is 48.3 Å². The number of rotatable bonds is 3. The second kappa shape index (κ2) is 6.51. The quantitative estimate of drug-likeness (QED) is 0.945. The van der Waals surface area contributed by atoms with E-state index in [2.05, 4.69) is 5.10 Å². The van der Waals surface area contributed by atoms with Crippen molar-refractivity contribution < 1.29 is 9.53 Å². The predicted octanol–water partition coefficient (Wildman–Crippen LogP) is 2.44. The van der Waals surface area contributed by atoms with E-state index in [0.717, 1.165) is 24.9 Å². The van der Waals surface area contributed by atoms with Crippen LogP contribution in [-0.2, 0) is 11.3 Å². The minimum Gasteiger partial charge on any atom is -0.445 e. The van der Waals surface area contributed by atoms with E-state index in [1.807, 2.05) is 41.2 Å². The van der Waals surface area contributed by atoms with Gasteiger partial charge in [0.25, 0.3) is 0 Å². The second-order valence-corrected chi connectivity index (χ2v) is 5.54. The number of amides is 1. The maximum atomic E-state index is 12.2. The summed E-state index contributed by atoms with van der Waals surface area (Å²) in [5.41, 5.74) is 7.34. The number of benzene rings is 1. The fourth-order valence-electron chi connectivity index (χ4n) is 2.70. The minimum atomic E-state index is -0.270. The van der Waals surface area contributed by atoms with Crippen LogP contribution in [0.5, 0.6) is 0 Å². The van der Waals surface area contributed by atoms with Gasteiger partial charge in [0, 0.05) is 19.3 Å². The number of piperidine rings is 1. The summed E-state index contributed by atoms with van der Waals surface area (Å²) in [5.74, 6) is 0. The Morgan fingerprint density at radius 2 is 2.18 bits per heavy atom. The van der Waals surface area contributed by atoms with Crippen molar-refractivity contribution in [1.29, 1.82) is 0 Å². The molecule has 6 heteroatoms. The highest BCUT2D eigenvalue weighted by molar-refractivity contribution is 5.67. The van der Waals surface area contributed by atoms with Gasteiger partial charge in [-0.15, -0.1) is 0 Å². The highest BCUT2D eigenvalue weighted by atomic mass is 16.6. The van der Waals surface area contributed by atoms with Crippen molar-refractivity contribution >= 4 is 11.8 Å². The Balaban J connectivity index is 1.56. The van der Waals surface area contributed by atoms with Crippen molar-refractivity contribution in [2.45, 2.75) is 25.5 Å². The van der Waals surface area contributed by atoms with Crippen LogP contribution >= 0.6 is 0 Å². The third-order valence-electron chi connectivity index (χ3n) is 3.86. The molecule has 0 bridgehead atoms. The first-order chi connectivity index (χ1) is 10.7. The molecule has 2 heterocycles. The standard InChI is InChI=1S/C16H20N4O2/c17-14-9-18-20(10-14)15-7-4-8-19(11-15)16(21)22-12-13-5-2-1-3-6-13/h1-3,5-6,9-10,15H,4,7-8,11-12,17H2. The zero-order valence-corrected chi connectivity index (χ0v) is 12.4. The summed E-state index contributed by atoms with van der Waals surface area (Å²) < 4.78 is 7.23. The molecule has 1 aromatic carbocycles. The lowest BCUT2D eigenvalue weighted by Gasteiger charge is -2.32. The normalized spacial score (nSPS) is 18.2. The lowest BCUT2D eigenvalue weighted by atomic mass is 10.1. The van der Waals surface area contributed by atoms with E-state index in [0.29, 0.717) is 18.8 Å². The van der Waals surface area contributed by atoms with E-state index >= 15 is 0 Å². The Hall–Kier alpha value is -2.50. The van der Waals surface area contributed by atoms with Crippen molar-refractivity contribution in [3.63, 3.8) is 0 Å². The number of nitrogens with two attached hydrogens (primary N) is 1. The summed E-state index contributed by atoms with van der Waals surface area (Å²) in [5, 5.41) is 4.24. The number of likely N-dealkylation sites (tertiary alicyclic amines) is 1. The summed E-state index contributed by atoms with van der Waals surface area (Å²) in [7, 11) is 0. The largest absolute Gasteiger partial charge is 0.445 e. The number of carbonyl (C=O) groups is 1. The van der Waals surface area contributed by atoms with Gasteiger partial charge < -0.3 is 15.4 Å². The average Bonchev–Trinajstić information content (AvgIpc) is 3.00. The van der Waals surface area contributed by atoms with Gasteiger partial charge in [0.2, 0.25) is 0 Å². The van der Waals surface area contributed by atoms with E-state index in [1.165, 1.54) is 0 Å². The molecule has 1 aromatic heterocycles. The summed E-state index contributed by atoms with van der Waals surface area (Å²) in [6.45, 7) is 1.63. The minimum absolute atomic E-state index is 0.162. The van der Waals surface area contributed by atoms with Gasteiger partial charge in [-0.2, -0.15) is 5.10 Å². The van der Waals surface area contributed by atoms with Gasteiger partial charge in [-0.3, -0.25) is 4.68 Å². The first kappa shape index (κ1) is 14.4. The Morgan fingerprint density at radius 3 is 2.91 bits per heavy atom. The highest BCUT2D eigenvalue weighted by Gasteiger charge is 2.26. The molecule has 2 N–H and O–H groups in total. The van der Waals surface area contributed by atoms with Crippen molar-refractivity contribution in [1.82, 2.24) is 14.7 Å². The summed E-state index contributed by atoms with van der Waals surface area (Å²) in [4.78, 5) is 13.9. The summed E-state index contributed by atoms with van der Waals surface area (Å²) in [6, 6.07) is 9.86. The number of hydrogen-bond acceptors (Lipinski definition) is 4. The fourth-order valence-corrected chi connectivity index (χ4v) is 2.70. The van der Waals surface area contributed by atoms with Gasteiger partial charge >= 0.3 is 6.09 Å². The number of aromatic nitrogens is 2. The maximum Gasteiger partial charge on any atom is 0.410 e. The molecule has 0 aliphatic carbocycles. The van der Waals surface area contributed by atoms with Crippen LogP contribution < -0.4 is 5.73 Å². The van der Waals surface area contributed by atoms with Crippen LogP contribution in [0, 0.1) is 0 Å². The molecule has 1 atom stereocenters. The van der Waals surface area contributed by atoms with Crippen LogP contribution in [-0.4, -0.2) is 33.9 Å². The molecule has 1 aliphatic rings. The van der Waals surface area contributed by atoms with Gasteiger partial charge in [-0.1, -0.05) is 30.3 Å². The topological polar surface area (TPSA) is 73.4 Å². The number of nitrogen functional groups attached to an aromatic ring is 1. The first-order valence-corrected chi connectivity index (χ1v) is 7.47. The predicted molar refractivity (Wildman–Crippen MR) is 83.1 cm³/mol. The number of anilines is 1. The third kappa shape index (κ3) is 3.39. The Bertz CT molecular complexity index is 626. The molecule has 0 saturated carbocycles. The maximum absolute atomic E-state index is 12.2.